The van der Waals surface area contributed by atoms with Gasteiger partial charge >= 0.3 is 0 Å². The number of benzene rings is 1. The Balaban J connectivity index is 2.24. The molecule has 0 aliphatic carbocycles. The Morgan fingerprint density at radius 1 is 1.48 bits per heavy atom. The van der Waals surface area contributed by atoms with Crippen LogP contribution in [0.2, 0.25) is 5.02 Å². The first-order chi connectivity index (χ1) is 9.93. The van der Waals surface area contributed by atoms with Crippen LogP contribution in [0.5, 0.6) is 5.75 Å². The van der Waals surface area contributed by atoms with Gasteiger partial charge in [-0.1, -0.05) is 18.5 Å². The molecular formula is C15H18ClFN2O2. The van der Waals surface area contributed by atoms with E-state index in [0.717, 1.165) is 12.1 Å². The summed E-state index contributed by atoms with van der Waals surface area (Å²) in [5, 5.41) is 14.6. The van der Waals surface area contributed by atoms with E-state index in [1.165, 1.54) is 18.2 Å². The summed E-state index contributed by atoms with van der Waals surface area (Å²) in [6.45, 7) is 3.73. The van der Waals surface area contributed by atoms with Crippen molar-refractivity contribution in [1.29, 1.82) is 0 Å². The molecule has 2 rings (SSSR count). The van der Waals surface area contributed by atoms with Crippen LogP contribution in [0.1, 0.15) is 36.9 Å². The zero-order valence-electron chi connectivity index (χ0n) is 12.2. The van der Waals surface area contributed by atoms with Crippen molar-refractivity contribution in [2.45, 2.75) is 33.0 Å². The summed E-state index contributed by atoms with van der Waals surface area (Å²) in [5.41, 5.74) is 2.05. The maximum Gasteiger partial charge on any atom is 0.131 e. The topological polar surface area (TPSA) is 47.3 Å². The number of nitrogens with zero attached hydrogens (tertiary/aromatic N) is 2. The molecule has 1 atom stereocenters. The predicted molar refractivity (Wildman–Crippen MR) is 79.0 cm³/mol. The molecule has 0 spiro atoms. The summed E-state index contributed by atoms with van der Waals surface area (Å²) in [6, 6.07) is 4.06. The molecule has 0 amide bonds. The van der Waals surface area contributed by atoms with E-state index in [1.807, 2.05) is 6.92 Å². The van der Waals surface area contributed by atoms with Gasteiger partial charge in [0.1, 0.15) is 18.2 Å². The van der Waals surface area contributed by atoms with Crippen molar-refractivity contribution in [2.24, 2.45) is 7.05 Å². The van der Waals surface area contributed by atoms with Crippen LogP contribution in [0.15, 0.2) is 18.2 Å². The third-order valence-electron chi connectivity index (χ3n) is 3.29. The fraction of sp³-hybridized carbons (Fsp3) is 0.400. The number of aromatic nitrogens is 2. The monoisotopic (exact) mass is 312 g/mol. The highest BCUT2D eigenvalue weighted by atomic mass is 35.5. The van der Waals surface area contributed by atoms with Gasteiger partial charge in [0.25, 0.3) is 0 Å². The molecule has 21 heavy (non-hydrogen) atoms. The van der Waals surface area contributed by atoms with Crippen LogP contribution in [0.25, 0.3) is 0 Å². The van der Waals surface area contributed by atoms with Crippen LogP contribution in [0.4, 0.5) is 4.39 Å². The summed E-state index contributed by atoms with van der Waals surface area (Å²) in [4.78, 5) is 0. The van der Waals surface area contributed by atoms with Gasteiger partial charge in [0.2, 0.25) is 0 Å². The minimum Gasteiger partial charge on any atom is -0.487 e. The van der Waals surface area contributed by atoms with Crippen molar-refractivity contribution in [3.63, 3.8) is 0 Å². The Kier molecular flexibility index (Phi) is 4.85. The number of aryl methyl sites for hydroxylation is 2. The molecule has 0 aliphatic heterocycles. The van der Waals surface area contributed by atoms with Crippen LogP contribution in [-0.4, -0.2) is 14.9 Å². The molecule has 1 aromatic carbocycles. The Morgan fingerprint density at radius 2 is 2.19 bits per heavy atom. The number of ether oxygens (including phenoxy) is 1. The number of halogens is 2. The van der Waals surface area contributed by atoms with E-state index in [-0.39, 0.29) is 6.61 Å². The smallest absolute Gasteiger partial charge is 0.131 e. The molecule has 4 nitrogen and oxygen atoms in total. The molecule has 2 aromatic rings. The van der Waals surface area contributed by atoms with Crippen LogP contribution in [-0.2, 0) is 20.1 Å². The molecular weight excluding hydrogens is 295 g/mol. The average molecular weight is 313 g/mol. The van der Waals surface area contributed by atoms with E-state index in [9.17, 15) is 9.50 Å². The third-order valence-corrected chi connectivity index (χ3v) is 3.73. The largest absolute Gasteiger partial charge is 0.487 e. The Morgan fingerprint density at radius 3 is 2.76 bits per heavy atom. The highest BCUT2D eigenvalue weighted by Crippen LogP contribution is 2.28. The minimum atomic E-state index is -0.742. The lowest BCUT2D eigenvalue weighted by Crippen LogP contribution is -2.06. The van der Waals surface area contributed by atoms with Crippen molar-refractivity contribution in [3.05, 3.63) is 46.0 Å². The first kappa shape index (κ1) is 15.8. The van der Waals surface area contributed by atoms with Crippen molar-refractivity contribution in [2.75, 3.05) is 0 Å². The van der Waals surface area contributed by atoms with Crippen molar-refractivity contribution in [1.82, 2.24) is 9.78 Å². The SMILES string of the molecule is CCc1nn(C)c(COc2cc(F)ccc2C(C)O)c1Cl. The first-order valence-corrected chi connectivity index (χ1v) is 7.12. The lowest BCUT2D eigenvalue weighted by molar-refractivity contribution is 0.189. The second-order valence-electron chi connectivity index (χ2n) is 4.83. The van der Waals surface area contributed by atoms with E-state index in [0.29, 0.717) is 22.0 Å². The number of hydrogen-bond donors (Lipinski definition) is 1. The Bertz CT molecular complexity index is 641. The number of hydrogen-bond acceptors (Lipinski definition) is 3. The van der Waals surface area contributed by atoms with Crippen LogP contribution in [0.3, 0.4) is 0 Å². The van der Waals surface area contributed by atoms with E-state index in [2.05, 4.69) is 5.10 Å². The number of rotatable bonds is 5. The molecule has 0 saturated carbocycles. The Hall–Kier alpha value is -1.59. The number of aliphatic hydroxyl groups is 1. The molecule has 1 unspecified atom stereocenters. The highest BCUT2D eigenvalue weighted by Gasteiger charge is 2.15. The molecule has 6 heteroatoms. The van der Waals surface area contributed by atoms with Crippen molar-refractivity contribution in [3.8, 4) is 5.75 Å². The molecule has 0 fully saturated rings. The molecule has 0 aliphatic rings. The minimum absolute atomic E-state index is 0.158. The quantitative estimate of drug-likeness (QED) is 0.920. The second kappa shape index (κ2) is 6.45. The summed E-state index contributed by atoms with van der Waals surface area (Å²) in [6.07, 6.45) is -0.0141. The normalized spacial score (nSPS) is 12.5. The van der Waals surface area contributed by atoms with Crippen LogP contribution in [0, 0.1) is 5.82 Å². The molecule has 114 valence electrons. The fourth-order valence-corrected chi connectivity index (χ4v) is 2.45. The molecule has 0 bridgehead atoms. The Labute approximate surface area is 128 Å². The summed E-state index contributed by atoms with van der Waals surface area (Å²) in [5.74, 6) is -0.111. The molecule has 1 N–H and O–H groups in total. The maximum atomic E-state index is 13.3. The third kappa shape index (κ3) is 3.36. The second-order valence-corrected chi connectivity index (χ2v) is 5.21. The van der Waals surface area contributed by atoms with Crippen molar-refractivity contribution < 1.29 is 14.2 Å². The maximum absolute atomic E-state index is 13.3. The number of aliphatic hydroxyl groups excluding tert-OH is 1. The van der Waals surface area contributed by atoms with Crippen molar-refractivity contribution >= 4 is 11.6 Å². The van der Waals surface area contributed by atoms with Gasteiger partial charge < -0.3 is 9.84 Å². The van der Waals surface area contributed by atoms with E-state index >= 15 is 0 Å². The van der Waals surface area contributed by atoms with Gasteiger partial charge in [-0.3, -0.25) is 4.68 Å². The van der Waals surface area contributed by atoms with Gasteiger partial charge in [0.15, 0.2) is 0 Å². The molecule has 0 saturated heterocycles. The van der Waals surface area contributed by atoms with E-state index in [4.69, 9.17) is 16.3 Å². The zero-order valence-corrected chi connectivity index (χ0v) is 13.0. The summed E-state index contributed by atoms with van der Waals surface area (Å²) < 4.78 is 20.6. The van der Waals surface area contributed by atoms with Gasteiger partial charge in [-0.05, 0) is 25.5 Å². The van der Waals surface area contributed by atoms with Gasteiger partial charge in [0.05, 0.1) is 22.5 Å². The van der Waals surface area contributed by atoms with Gasteiger partial charge in [-0.25, -0.2) is 4.39 Å². The lowest BCUT2D eigenvalue weighted by atomic mass is 10.1. The van der Waals surface area contributed by atoms with Crippen LogP contribution >= 0.6 is 11.6 Å². The lowest BCUT2D eigenvalue weighted by Gasteiger charge is -2.13. The van der Waals surface area contributed by atoms with Crippen LogP contribution < -0.4 is 4.74 Å². The van der Waals surface area contributed by atoms with Gasteiger partial charge in [-0.2, -0.15) is 5.10 Å². The molecule has 1 heterocycles. The average Bonchev–Trinajstić information content (AvgIpc) is 2.71. The zero-order chi connectivity index (χ0) is 15.6. The van der Waals surface area contributed by atoms with Gasteiger partial charge in [-0.15, -0.1) is 0 Å². The summed E-state index contributed by atoms with van der Waals surface area (Å²) in [7, 11) is 1.78. The van der Waals surface area contributed by atoms with Gasteiger partial charge in [0, 0.05) is 18.7 Å². The molecule has 1 aromatic heterocycles. The highest BCUT2D eigenvalue weighted by molar-refractivity contribution is 6.31. The fourth-order valence-electron chi connectivity index (χ4n) is 2.10. The predicted octanol–water partition coefficient (Wildman–Crippen LogP) is 3.41. The van der Waals surface area contributed by atoms with E-state index < -0.39 is 11.9 Å². The first-order valence-electron chi connectivity index (χ1n) is 6.74. The summed E-state index contributed by atoms with van der Waals surface area (Å²) >= 11 is 6.24. The van der Waals surface area contributed by atoms with E-state index in [1.54, 1.807) is 18.7 Å². The standard InChI is InChI=1S/C15H18ClFN2O2/c1-4-12-15(16)13(19(3)18-12)8-21-14-7-10(17)5-6-11(14)9(2)20/h5-7,9,20H,4,8H2,1-3H3. The molecule has 0 radical (unpaired) electrons.